The second-order valence-corrected chi connectivity index (χ2v) is 5.31. The van der Waals surface area contributed by atoms with Crippen LogP contribution in [0, 0.1) is 17.2 Å². The molecule has 2 aromatic carbocycles. The van der Waals surface area contributed by atoms with Gasteiger partial charge in [-0.3, -0.25) is 0 Å². The molecule has 0 spiro atoms. The van der Waals surface area contributed by atoms with Crippen LogP contribution in [0.1, 0.15) is 17.9 Å². The zero-order chi connectivity index (χ0) is 13.8. The Balaban J connectivity index is 2.03. The Labute approximate surface area is 120 Å². The number of nitrogens with zero attached hydrogens (tertiary/aromatic N) is 1. The van der Waals surface area contributed by atoms with Crippen molar-refractivity contribution in [2.75, 3.05) is 13.1 Å². The lowest BCUT2D eigenvalue weighted by Crippen LogP contribution is -2.16. The van der Waals surface area contributed by atoms with E-state index in [9.17, 15) is 5.26 Å². The Hall–Kier alpha value is -2.11. The highest BCUT2D eigenvalue weighted by atomic mass is 14.9. The predicted molar refractivity (Wildman–Crippen MR) is 81.2 cm³/mol. The molecule has 0 amide bonds. The molecule has 0 bridgehead atoms. The molecule has 0 aliphatic carbocycles. The Morgan fingerprint density at radius 1 is 1.05 bits per heavy atom. The van der Waals surface area contributed by atoms with Gasteiger partial charge in [-0.15, -0.1) is 0 Å². The Morgan fingerprint density at radius 3 is 2.50 bits per heavy atom. The van der Waals surface area contributed by atoms with E-state index in [2.05, 4.69) is 35.7 Å². The largest absolute Gasteiger partial charge is 0.316 e. The van der Waals surface area contributed by atoms with Crippen molar-refractivity contribution in [1.29, 1.82) is 5.26 Å². The molecule has 20 heavy (non-hydrogen) atoms. The Bertz CT molecular complexity index is 607. The Morgan fingerprint density at radius 2 is 1.80 bits per heavy atom. The fourth-order valence-corrected chi connectivity index (χ4v) is 3.04. The zero-order valence-corrected chi connectivity index (χ0v) is 11.4. The summed E-state index contributed by atoms with van der Waals surface area (Å²) in [6, 6.07) is 21.2. The van der Waals surface area contributed by atoms with E-state index < -0.39 is 0 Å². The van der Waals surface area contributed by atoms with E-state index in [1.54, 1.807) is 0 Å². The minimum Gasteiger partial charge on any atom is -0.316 e. The quantitative estimate of drug-likeness (QED) is 0.918. The molecule has 2 aromatic rings. The molecule has 100 valence electrons. The first-order valence-corrected chi connectivity index (χ1v) is 7.15. The summed E-state index contributed by atoms with van der Waals surface area (Å²) in [5, 5.41) is 13.0. The molecule has 2 heteroatoms. The van der Waals surface area contributed by atoms with E-state index in [0.29, 0.717) is 5.92 Å². The van der Waals surface area contributed by atoms with E-state index in [4.69, 9.17) is 0 Å². The number of nitriles is 1. The van der Waals surface area contributed by atoms with Gasteiger partial charge in [0.2, 0.25) is 0 Å². The van der Waals surface area contributed by atoms with Crippen LogP contribution in [0.3, 0.4) is 0 Å². The molecule has 0 aromatic heterocycles. The van der Waals surface area contributed by atoms with Crippen molar-refractivity contribution in [3.8, 4) is 17.2 Å². The van der Waals surface area contributed by atoms with Gasteiger partial charge in [-0.1, -0.05) is 54.6 Å². The van der Waals surface area contributed by atoms with E-state index >= 15 is 0 Å². The van der Waals surface area contributed by atoms with Crippen molar-refractivity contribution in [3.05, 3.63) is 60.2 Å². The zero-order valence-electron chi connectivity index (χ0n) is 11.4. The van der Waals surface area contributed by atoms with Gasteiger partial charge in [0.05, 0.1) is 12.0 Å². The molecule has 2 nitrogen and oxygen atoms in total. The smallest absolute Gasteiger partial charge is 0.0759 e. The van der Waals surface area contributed by atoms with Crippen molar-refractivity contribution in [1.82, 2.24) is 5.32 Å². The van der Waals surface area contributed by atoms with E-state index in [0.717, 1.165) is 25.1 Å². The summed E-state index contributed by atoms with van der Waals surface area (Å²) in [6.07, 6.45) is 1.08. The summed E-state index contributed by atoms with van der Waals surface area (Å²) >= 11 is 0. The van der Waals surface area contributed by atoms with Gasteiger partial charge >= 0.3 is 0 Å². The van der Waals surface area contributed by atoms with Crippen LogP contribution in [0.2, 0.25) is 0 Å². The van der Waals surface area contributed by atoms with Crippen LogP contribution in [0.15, 0.2) is 54.6 Å². The Kier molecular flexibility index (Phi) is 3.80. The topological polar surface area (TPSA) is 35.8 Å². The molecule has 1 heterocycles. The molecule has 1 fully saturated rings. The molecule has 0 saturated carbocycles. The summed E-state index contributed by atoms with van der Waals surface area (Å²) < 4.78 is 0. The number of hydrogen-bond donors (Lipinski definition) is 1. The third-order valence-electron chi connectivity index (χ3n) is 4.09. The van der Waals surface area contributed by atoms with E-state index in [-0.39, 0.29) is 5.92 Å². The van der Waals surface area contributed by atoms with Crippen molar-refractivity contribution < 1.29 is 0 Å². The highest BCUT2D eigenvalue weighted by molar-refractivity contribution is 5.68. The van der Waals surface area contributed by atoms with Crippen molar-refractivity contribution in [2.45, 2.75) is 12.3 Å². The van der Waals surface area contributed by atoms with Gasteiger partial charge < -0.3 is 5.32 Å². The third kappa shape index (κ3) is 2.45. The summed E-state index contributed by atoms with van der Waals surface area (Å²) in [4.78, 5) is 0. The van der Waals surface area contributed by atoms with Crippen LogP contribution in [0.25, 0.3) is 11.1 Å². The van der Waals surface area contributed by atoms with Gasteiger partial charge in [0.25, 0.3) is 0 Å². The summed E-state index contributed by atoms with van der Waals surface area (Å²) in [5.74, 6) is 0.395. The first kappa shape index (κ1) is 12.9. The maximum Gasteiger partial charge on any atom is 0.0759 e. The fraction of sp³-hybridized carbons (Fsp3) is 0.278. The standard InChI is InChI=1S/C18H18N2/c19-12-18(15-10-11-20-13-15)17-9-5-4-8-16(17)14-6-2-1-3-7-14/h1-9,15,18,20H,10-11,13H2. The van der Waals surface area contributed by atoms with Gasteiger partial charge in [0, 0.05) is 0 Å². The molecule has 0 radical (unpaired) electrons. The van der Waals surface area contributed by atoms with Crippen molar-refractivity contribution in [2.24, 2.45) is 5.92 Å². The van der Waals surface area contributed by atoms with Crippen molar-refractivity contribution in [3.63, 3.8) is 0 Å². The van der Waals surface area contributed by atoms with Crippen LogP contribution < -0.4 is 5.32 Å². The molecule has 2 atom stereocenters. The average Bonchev–Trinajstić information content (AvgIpc) is 3.04. The first-order valence-electron chi connectivity index (χ1n) is 7.15. The molecule has 1 aliphatic heterocycles. The molecule has 3 rings (SSSR count). The van der Waals surface area contributed by atoms with Crippen LogP contribution in [-0.2, 0) is 0 Å². The van der Waals surface area contributed by atoms with Crippen molar-refractivity contribution >= 4 is 0 Å². The van der Waals surface area contributed by atoms with Gasteiger partial charge in [0.1, 0.15) is 0 Å². The second-order valence-electron chi connectivity index (χ2n) is 5.31. The first-order chi connectivity index (χ1) is 9.90. The molecule has 2 unspecified atom stereocenters. The number of rotatable bonds is 3. The highest BCUT2D eigenvalue weighted by Gasteiger charge is 2.27. The van der Waals surface area contributed by atoms with Crippen LogP contribution in [0.4, 0.5) is 0 Å². The molecular formula is C18H18N2. The predicted octanol–water partition coefficient (Wildman–Crippen LogP) is 3.57. The van der Waals surface area contributed by atoms with Gasteiger partial charge in [-0.2, -0.15) is 5.26 Å². The lowest BCUT2D eigenvalue weighted by Gasteiger charge is -2.19. The number of benzene rings is 2. The van der Waals surface area contributed by atoms with Gasteiger partial charge in [-0.25, -0.2) is 0 Å². The second kappa shape index (κ2) is 5.90. The van der Waals surface area contributed by atoms with E-state index in [1.807, 2.05) is 30.3 Å². The van der Waals surface area contributed by atoms with Gasteiger partial charge in [-0.05, 0) is 42.1 Å². The summed E-state index contributed by atoms with van der Waals surface area (Å²) in [6.45, 7) is 1.97. The average molecular weight is 262 g/mol. The summed E-state index contributed by atoms with van der Waals surface area (Å²) in [7, 11) is 0. The number of hydrogen-bond acceptors (Lipinski definition) is 2. The van der Waals surface area contributed by atoms with Crippen LogP contribution >= 0.6 is 0 Å². The monoisotopic (exact) mass is 262 g/mol. The number of nitrogens with one attached hydrogen (secondary N) is 1. The lowest BCUT2D eigenvalue weighted by molar-refractivity contribution is 0.532. The molecule has 1 N–H and O–H groups in total. The molecule has 1 aliphatic rings. The maximum absolute atomic E-state index is 9.63. The van der Waals surface area contributed by atoms with Crippen LogP contribution in [0.5, 0.6) is 0 Å². The minimum atomic E-state index is -0.0265. The lowest BCUT2D eigenvalue weighted by atomic mass is 9.82. The minimum absolute atomic E-state index is 0.0265. The highest BCUT2D eigenvalue weighted by Crippen LogP contribution is 2.35. The van der Waals surface area contributed by atoms with E-state index in [1.165, 1.54) is 11.1 Å². The SMILES string of the molecule is N#CC(c1ccccc1-c1ccccc1)C1CCNC1. The fourth-order valence-electron chi connectivity index (χ4n) is 3.04. The third-order valence-corrected chi connectivity index (χ3v) is 4.09. The molecular weight excluding hydrogens is 244 g/mol. The van der Waals surface area contributed by atoms with Crippen LogP contribution in [-0.4, -0.2) is 13.1 Å². The normalized spacial score (nSPS) is 19.4. The summed E-state index contributed by atoms with van der Waals surface area (Å²) in [5.41, 5.74) is 3.54. The maximum atomic E-state index is 9.63. The van der Waals surface area contributed by atoms with Gasteiger partial charge in [0.15, 0.2) is 0 Å². The molecule has 1 saturated heterocycles.